The van der Waals surface area contributed by atoms with Crippen LogP contribution in [0.25, 0.3) is 0 Å². The van der Waals surface area contributed by atoms with Gasteiger partial charge in [-0.25, -0.2) is 0 Å². The summed E-state index contributed by atoms with van der Waals surface area (Å²) in [5, 5.41) is 10.2. The van der Waals surface area contributed by atoms with E-state index in [4.69, 9.17) is 11.6 Å². The zero-order valence-corrected chi connectivity index (χ0v) is 16.4. The second-order valence-electron chi connectivity index (χ2n) is 8.00. The summed E-state index contributed by atoms with van der Waals surface area (Å²) in [5.74, 6) is -2.05. The van der Waals surface area contributed by atoms with Crippen molar-refractivity contribution in [2.75, 3.05) is 13.1 Å². The zero-order chi connectivity index (χ0) is 19.8. The first kappa shape index (κ1) is 19.4. The van der Waals surface area contributed by atoms with E-state index in [1.807, 2.05) is 18.2 Å². The molecule has 6 heteroatoms. The van der Waals surface area contributed by atoms with E-state index in [0.29, 0.717) is 17.3 Å². The molecule has 1 aromatic carbocycles. The number of aliphatic carboxylic acids is 1. The number of carbonyl (C=O) groups is 2. The number of amides is 1. The number of rotatable bonds is 3. The van der Waals surface area contributed by atoms with Gasteiger partial charge in [0, 0.05) is 30.2 Å². The summed E-state index contributed by atoms with van der Waals surface area (Å²) in [7, 11) is 0. The van der Waals surface area contributed by atoms with Gasteiger partial charge in [-0.1, -0.05) is 50.6 Å². The second kappa shape index (κ2) is 7.31. The number of hydrogen-bond acceptors (Lipinski definition) is 3. The predicted octanol–water partition coefficient (Wildman–Crippen LogP) is 3.97. The normalized spacial score (nSPS) is 19.9. The fraction of sp³-hybridized carbons (Fsp3) is 0.381. The summed E-state index contributed by atoms with van der Waals surface area (Å²) >= 11 is 5.93. The number of carboxylic acid groups (broad SMARTS) is 1. The van der Waals surface area contributed by atoms with Crippen LogP contribution in [-0.4, -0.2) is 40.0 Å². The number of carbonyl (C=O) groups excluding carboxylic acids is 1. The van der Waals surface area contributed by atoms with Gasteiger partial charge in [-0.3, -0.25) is 14.6 Å². The van der Waals surface area contributed by atoms with Gasteiger partial charge in [0.2, 0.25) is 0 Å². The Kier molecular flexibility index (Phi) is 5.24. The molecule has 0 unspecified atom stereocenters. The van der Waals surface area contributed by atoms with Crippen LogP contribution < -0.4 is 0 Å². The zero-order valence-electron chi connectivity index (χ0n) is 15.6. The van der Waals surface area contributed by atoms with E-state index in [1.165, 1.54) is 0 Å². The van der Waals surface area contributed by atoms with E-state index in [0.717, 1.165) is 11.1 Å². The third kappa shape index (κ3) is 4.14. The first-order chi connectivity index (χ1) is 12.7. The van der Waals surface area contributed by atoms with Gasteiger partial charge >= 0.3 is 5.97 Å². The fourth-order valence-corrected chi connectivity index (χ4v) is 3.52. The van der Waals surface area contributed by atoms with Crippen LogP contribution in [0, 0.1) is 5.92 Å². The maximum Gasteiger partial charge on any atom is 0.308 e. The smallest absolute Gasteiger partial charge is 0.308 e. The molecule has 0 spiro atoms. The highest BCUT2D eigenvalue weighted by Crippen LogP contribution is 2.34. The molecule has 142 valence electrons. The third-order valence-corrected chi connectivity index (χ3v) is 5.32. The average Bonchev–Trinajstić information content (AvgIpc) is 3.07. The Morgan fingerprint density at radius 3 is 2.30 bits per heavy atom. The number of pyridine rings is 1. The van der Waals surface area contributed by atoms with Crippen LogP contribution in [-0.2, 0) is 10.2 Å². The Hall–Kier alpha value is -2.40. The highest BCUT2D eigenvalue weighted by molar-refractivity contribution is 6.30. The van der Waals surface area contributed by atoms with Crippen LogP contribution in [0.5, 0.6) is 0 Å². The molecule has 0 bridgehead atoms. The van der Waals surface area contributed by atoms with Crippen molar-refractivity contribution in [3.8, 4) is 0 Å². The van der Waals surface area contributed by atoms with Crippen molar-refractivity contribution in [1.29, 1.82) is 0 Å². The van der Waals surface area contributed by atoms with E-state index in [9.17, 15) is 14.7 Å². The van der Waals surface area contributed by atoms with E-state index in [1.54, 1.807) is 29.3 Å². The number of carboxylic acids is 1. The number of halogens is 1. The molecule has 1 aromatic heterocycles. The van der Waals surface area contributed by atoms with E-state index < -0.39 is 11.9 Å². The number of nitrogens with zero attached hydrogens (tertiary/aromatic N) is 2. The molecule has 3 rings (SSSR count). The molecule has 2 aromatic rings. The number of aromatic nitrogens is 1. The molecule has 27 heavy (non-hydrogen) atoms. The minimum atomic E-state index is -0.902. The molecule has 0 aliphatic carbocycles. The summed E-state index contributed by atoms with van der Waals surface area (Å²) in [6.07, 6.45) is 1.72. The molecule has 2 atom stereocenters. The van der Waals surface area contributed by atoms with Gasteiger partial charge in [-0.15, -0.1) is 0 Å². The van der Waals surface area contributed by atoms with Gasteiger partial charge < -0.3 is 10.0 Å². The first-order valence-electron chi connectivity index (χ1n) is 8.91. The van der Waals surface area contributed by atoms with Crippen LogP contribution in [0.15, 0.2) is 42.6 Å². The van der Waals surface area contributed by atoms with Gasteiger partial charge in [0.15, 0.2) is 0 Å². The average molecular weight is 387 g/mol. The standard InChI is InChI=1S/C21H23ClN2O3/c1-21(2,3)14-6-9-18(23-10-14)19(25)24-11-16(17(12-24)20(26)27)13-4-7-15(22)8-5-13/h4-10,16-17H,11-12H2,1-3H3,(H,26,27)/t16-,17+/m0/s1. The minimum Gasteiger partial charge on any atom is -0.481 e. The van der Waals surface area contributed by atoms with Crippen LogP contribution in [0.4, 0.5) is 0 Å². The van der Waals surface area contributed by atoms with E-state index in [-0.39, 0.29) is 23.8 Å². The summed E-state index contributed by atoms with van der Waals surface area (Å²) in [6.45, 7) is 6.77. The highest BCUT2D eigenvalue weighted by Gasteiger charge is 2.40. The molecule has 1 aliphatic heterocycles. The fourth-order valence-electron chi connectivity index (χ4n) is 3.39. The van der Waals surface area contributed by atoms with Gasteiger partial charge in [-0.2, -0.15) is 0 Å². The number of hydrogen-bond donors (Lipinski definition) is 1. The van der Waals surface area contributed by atoms with Crippen LogP contribution in [0.2, 0.25) is 5.02 Å². The predicted molar refractivity (Wildman–Crippen MR) is 104 cm³/mol. The molecule has 1 fully saturated rings. The van der Waals surface area contributed by atoms with Gasteiger partial charge in [0.25, 0.3) is 5.91 Å². The largest absolute Gasteiger partial charge is 0.481 e. The summed E-state index contributed by atoms with van der Waals surface area (Å²) in [4.78, 5) is 30.5. The number of benzene rings is 1. The lowest BCUT2D eigenvalue weighted by Crippen LogP contribution is -2.30. The van der Waals surface area contributed by atoms with Crippen molar-refractivity contribution < 1.29 is 14.7 Å². The maximum atomic E-state index is 12.9. The van der Waals surface area contributed by atoms with Crippen LogP contribution in [0.3, 0.4) is 0 Å². The molecule has 5 nitrogen and oxygen atoms in total. The number of likely N-dealkylation sites (tertiary alicyclic amines) is 1. The first-order valence-corrected chi connectivity index (χ1v) is 9.28. The SMILES string of the molecule is CC(C)(C)c1ccc(C(=O)N2C[C@@H](C(=O)O)[C@H](c3ccc(Cl)cc3)C2)nc1. The Bertz CT molecular complexity index is 841. The lowest BCUT2D eigenvalue weighted by Gasteiger charge is -2.20. The van der Waals surface area contributed by atoms with Crippen molar-refractivity contribution >= 4 is 23.5 Å². The summed E-state index contributed by atoms with van der Waals surface area (Å²) in [6, 6.07) is 10.8. The monoisotopic (exact) mass is 386 g/mol. The van der Waals surface area contributed by atoms with Gasteiger partial charge in [0.05, 0.1) is 5.92 Å². The molecule has 1 aliphatic rings. The lowest BCUT2D eigenvalue weighted by molar-refractivity contribution is -0.141. The molecule has 1 saturated heterocycles. The third-order valence-electron chi connectivity index (χ3n) is 5.07. The van der Waals surface area contributed by atoms with Gasteiger partial charge in [-0.05, 0) is 34.7 Å². The van der Waals surface area contributed by atoms with Gasteiger partial charge in [0.1, 0.15) is 5.69 Å². The Morgan fingerprint density at radius 2 is 1.78 bits per heavy atom. The summed E-state index contributed by atoms with van der Waals surface area (Å²) < 4.78 is 0. The second-order valence-corrected chi connectivity index (χ2v) is 8.43. The molecular formula is C21H23ClN2O3. The van der Waals surface area contributed by atoms with Crippen molar-refractivity contribution in [2.24, 2.45) is 5.92 Å². The lowest BCUT2D eigenvalue weighted by atomic mass is 9.88. The minimum absolute atomic E-state index is 0.0453. The molecular weight excluding hydrogens is 364 g/mol. The maximum absolute atomic E-state index is 12.9. The molecule has 1 N–H and O–H groups in total. The van der Waals surface area contributed by atoms with Crippen molar-refractivity contribution in [3.63, 3.8) is 0 Å². The Morgan fingerprint density at radius 1 is 1.11 bits per heavy atom. The Balaban J connectivity index is 1.81. The topological polar surface area (TPSA) is 70.5 Å². The van der Waals surface area contributed by atoms with Crippen LogP contribution in [0.1, 0.15) is 48.3 Å². The van der Waals surface area contributed by atoms with Crippen molar-refractivity contribution in [1.82, 2.24) is 9.88 Å². The highest BCUT2D eigenvalue weighted by atomic mass is 35.5. The molecule has 2 heterocycles. The molecule has 0 radical (unpaired) electrons. The van der Waals surface area contributed by atoms with Crippen LogP contribution >= 0.6 is 11.6 Å². The van der Waals surface area contributed by atoms with Crippen molar-refractivity contribution in [2.45, 2.75) is 32.1 Å². The van der Waals surface area contributed by atoms with E-state index >= 15 is 0 Å². The summed E-state index contributed by atoms with van der Waals surface area (Å²) in [5.41, 5.74) is 2.21. The van der Waals surface area contributed by atoms with E-state index in [2.05, 4.69) is 25.8 Å². The molecule has 1 amide bonds. The Labute approximate surface area is 164 Å². The van der Waals surface area contributed by atoms with Crippen molar-refractivity contribution in [3.05, 3.63) is 64.4 Å². The quantitative estimate of drug-likeness (QED) is 0.866. The molecule has 0 saturated carbocycles.